The number of carbonyl (C=O) groups is 2. The number of nitrogens with one attached hydrogen (secondary N) is 1. The van der Waals surface area contributed by atoms with Crippen LogP contribution in [0.25, 0.3) is 10.9 Å². The number of aromatic amines is 1. The van der Waals surface area contributed by atoms with Crippen molar-refractivity contribution in [3.8, 4) is 6.07 Å². The second-order valence-corrected chi connectivity index (χ2v) is 5.93. The summed E-state index contributed by atoms with van der Waals surface area (Å²) in [6.45, 7) is 3.30. The molecule has 0 aliphatic rings. The van der Waals surface area contributed by atoms with Gasteiger partial charge in [-0.3, -0.25) is 9.59 Å². The summed E-state index contributed by atoms with van der Waals surface area (Å²) >= 11 is 0. The Balaban J connectivity index is 2.04. The molecule has 1 atom stereocenters. The molecule has 3 rings (SSSR count). The van der Waals surface area contributed by atoms with Gasteiger partial charge in [-0.05, 0) is 31.5 Å². The number of nitrogens with zero attached hydrogens (tertiary/aromatic N) is 1. The van der Waals surface area contributed by atoms with Gasteiger partial charge in [0.1, 0.15) is 5.82 Å². The van der Waals surface area contributed by atoms with Gasteiger partial charge in [-0.1, -0.05) is 30.3 Å². The van der Waals surface area contributed by atoms with Gasteiger partial charge < -0.3 is 4.98 Å². The molecule has 0 fully saturated rings. The molecule has 0 spiro atoms. The molecule has 25 heavy (non-hydrogen) atoms. The molecule has 0 bridgehead atoms. The molecular weight excluding hydrogens is 319 g/mol. The summed E-state index contributed by atoms with van der Waals surface area (Å²) in [4.78, 5) is 28.6. The molecule has 0 saturated carbocycles. The minimum Gasteiger partial charge on any atom is -0.358 e. The van der Waals surface area contributed by atoms with Gasteiger partial charge in [-0.25, -0.2) is 4.39 Å². The highest BCUT2D eigenvalue weighted by Gasteiger charge is 2.31. The smallest absolute Gasteiger partial charge is 0.190 e. The molecule has 2 aromatic carbocycles. The maximum Gasteiger partial charge on any atom is 0.190 e. The molecular formula is C20H15FN2O2. The summed E-state index contributed by atoms with van der Waals surface area (Å²) in [5, 5.41) is 10.1. The number of rotatable bonds is 4. The van der Waals surface area contributed by atoms with E-state index in [4.69, 9.17) is 0 Å². The highest BCUT2D eigenvalue weighted by molar-refractivity contribution is 6.22. The number of Topliss-reactive ketones (excluding diaryl/α,β-unsaturated/α-hetero) is 2. The second-order valence-electron chi connectivity index (χ2n) is 5.93. The number of aryl methyl sites for hydroxylation is 2. The number of carbonyl (C=O) groups excluding carboxylic acids is 2. The lowest BCUT2D eigenvalue weighted by Gasteiger charge is -2.09. The number of hydrogen-bond acceptors (Lipinski definition) is 3. The van der Waals surface area contributed by atoms with Crippen LogP contribution in [0.1, 0.15) is 32.0 Å². The Morgan fingerprint density at radius 1 is 1.12 bits per heavy atom. The molecule has 1 unspecified atom stereocenters. The number of ketones is 2. The maximum atomic E-state index is 13.7. The fourth-order valence-electron chi connectivity index (χ4n) is 2.89. The van der Waals surface area contributed by atoms with E-state index in [1.165, 1.54) is 12.1 Å². The quantitative estimate of drug-likeness (QED) is 0.576. The van der Waals surface area contributed by atoms with Crippen LogP contribution in [0.4, 0.5) is 4.39 Å². The van der Waals surface area contributed by atoms with Crippen LogP contribution in [0, 0.1) is 36.9 Å². The predicted octanol–water partition coefficient (Wildman–Crippen LogP) is 4.13. The van der Waals surface area contributed by atoms with Crippen LogP contribution in [-0.2, 0) is 0 Å². The van der Waals surface area contributed by atoms with Crippen LogP contribution >= 0.6 is 0 Å². The van der Waals surface area contributed by atoms with Crippen molar-refractivity contribution in [1.82, 2.24) is 4.98 Å². The highest BCUT2D eigenvalue weighted by Crippen LogP contribution is 2.26. The first-order chi connectivity index (χ1) is 11.9. The van der Waals surface area contributed by atoms with Crippen molar-refractivity contribution in [1.29, 1.82) is 5.26 Å². The Morgan fingerprint density at radius 3 is 2.52 bits per heavy atom. The average Bonchev–Trinajstić information content (AvgIpc) is 2.93. The highest BCUT2D eigenvalue weighted by atomic mass is 19.1. The zero-order chi connectivity index (χ0) is 18.1. The third-order valence-corrected chi connectivity index (χ3v) is 4.25. The number of aromatic nitrogens is 1. The Morgan fingerprint density at radius 2 is 1.84 bits per heavy atom. The summed E-state index contributed by atoms with van der Waals surface area (Å²) in [7, 11) is 0. The van der Waals surface area contributed by atoms with E-state index in [9.17, 15) is 19.2 Å². The van der Waals surface area contributed by atoms with Crippen LogP contribution in [0.3, 0.4) is 0 Å². The van der Waals surface area contributed by atoms with Gasteiger partial charge in [0.25, 0.3) is 0 Å². The molecule has 1 N–H and O–H groups in total. The van der Waals surface area contributed by atoms with Gasteiger partial charge in [0.15, 0.2) is 17.5 Å². The van der Waals surface area contributed by atoms with Crippen molar-refractivity contribution in [2.45, 2.75) is 13.8 Å². The fourth-order valence-corrected chi connectivity index (χ4v) is 2.89. The standard InChI is InChI=1S/C20H15FN2O2/c1-11-7-8-13(9-16(11)21)19(24)15(10-22)20(25)18-12(2)23-17-6-4-3-5-14(17)18/h3-9,15,23H,1-2H3. The molecule has 5 heteroatoms. The first-order valence-electron chi connectivity index (χ1n) is 7.75. The summed E-state index contributed by atoms with van der Waals surface area (Å²) in [5.41, 5.74) is 2.08. The zero-order valence-corrected chi connectivity index (χ0v) is 13.8. The van der Waals surface area contributed by atoms with E-state index < -0.39 is 23.3 Å². The maximum absolute atomic E-state index is 13.7. The van der Waals surface area contributed by atoms with Crippen molar-refractivity contribution >= 4 is 22.5 Å². The summed E-state index contributed by atoms with van der Waals surface area (Å²) in [6, 6.07) is 12.9. The van der Waals surface area contributed by atoms with E-state index in [0.717, 1.165) is 11.6 Å². The van der Waals surface area contributed by atoms with Crippen molar-refractivity contribution in [2.24, 2.45) is 5.92 Å². The number of H-pyrrole nitrogens is 1. The zero-order valence-electron chi connectivity index (χ0n) is 13.8. The topological polar surface area (TPSA) is 73.7 Å². The fraction of sp³-hybridized carbons (Fsp3) is 0.150. The van der Waals surface area contributed by atoms with E-state index in [1.807, 2.05) is 12.1 Å². The lowest BCUT2D eigenvalue weighted by Crippen LogP contribution is -2.23. The van der Waals surface area contributed by atoms with E-state index in [-0.39, 0.29) is 5.56 Å². The van der Waals surface area contributed by atoms with Crippen molar-refractivity contribution < 1.29 is 14.0 Å². The number of hydrogen-bond donors (Lipinski definition) is 1. The number of fused-ring (bicyclic) bond motifs is 1. The molecule has 4 nitrogen and oxygen atoms in total. The van der Waals surface area contributed by atoms with E-state index in [0.29, 0.717) is 22.2 Å². The number of benzene rings is 2. The average molecular weight is 334 g/mol. The molecule has 0 aliphatic carbocycles. The van der Waals surface area contributed by atoms with E-state index >= 15 is 0 Å². The van der Waals surface area contributed by atoms with Gasteiger partial charge >= 0.3 is 0 Å². The number of halogens is 1. The van der Waals surface area contributed by atoms with E-state index in [2.05, 4.69) is 4.98 Å². The normalized spacial score (nSPS) is 11.9. The van der Waals surface area contributed by atoms with Gasteiger partial charge in [-0.15, -0.1) is 0 Å². The minimum atomic E-state index is -1.51. The lowest BCUT2D eigenvalue weighted by atomic mass is 9.89. The summed E-state index contributed by atoms with van der Waals surface area (Å²) < 4.78 is 13.7. The van der Waals surface area contributed by atoms with Gasteiger partial charge in [0.2, 0.25) is 0 Å². The monoisotopic (exact) mass is 334 g/mol. The Hall–Kier alpha value is -3.26. The van der Waals surface area contributed by atoms with Crippen molar-refractivity contribution in [3.63, 3.8) is 0 Å². The molecule has 124 valence electrons. The lowest BCUT2D eigenvalue weighted by molar-refractivity contribution is 0.0846. The molecule has 1 heterocycles. The largest absolute Gasteiger partial charge is 0.358 e. The third-order valence-electron chi connectivity index (χ3n) is 4.25. The second kappa shape index (κ2) is 6.33. The molecule has 3 aromatic rings. The van der Waals surface area contributed by atoms with Crippen LogP contribution in [0.5, 0.6) is 0 Å². The van der Waals surface area contributed by atoms with Crippen molar-refractivity contribution in [2.75, 3.05) is 0 Å². The van der Waals surface area contributed by atoms with Crippen LogP contribution in [-0.4, -0.2) is 16.6 Å². The SMILES string of the molecule is Cc1ccc(C(=O)C(C#N)C(=O)c2c(C)[nH]c3ccccc23)cc1F. The Bertz CT molecular complexity index is 1040. The van der Waals surface area contributed by atoms with Gasteiger partial charge in [-0.2, -0.15) is 5.26 Å². The van der Waals surface area contributed by atoms with Crippen LogP contribution in [0.2, 0.25) is 0 Å². The van der Waals surface area contributed by atoms with Gasteiger partial charge in [0, 0.05) is 27.7 Å². The Kier molecular flexibility index (Phi) is 4.20. The first kappa shape index (κ1) is 16.6. The molecule has 1 aromatic heterocycles. The van der Waals surface area contributed by atoms with Gasteiger partial charge in [0.05, 0.1) is 6.07 Å². The number of para-hydroxylation sites is 1. The molecule has 0 aliphatic heterocycles. The summed E-state index contributed by atoms with van der Waals surface area (Å²) in [6.07, 6.45) is 0. The third kappa shape index (κ3) is 2.83. The minimum absolute atomic E-state index is 0.0143. The molecule has 0 saturated heterocycles. The first-order valence-corrected chi connectivity index (χ1v) is 7.75. The Labute approximate surface area is 143 Å². The predicted molar refractivity (Wildman–Crippen MR) is 91.9 cm³/mol. The van der Waals surface area contributed by atoms with Crippen LogP contribution < -0.4 is 0 Å². The van der Waals surface area contributed by atoms with E-state index in [1.54, 1.807) is 32.0 Å². The number of nitriles is 1. The molecule has 0 radical (unpaired) electrons. The van der Waals surface area contributed by atoms with Crippen LogP contribution in [0.15, 0.2) is 42.5 Å². The molecule has 0 amide bonds. The summed E-state index contributed by atoms with van der Waals surface area (Å²) in [5.74, 6) is -3.34. The van der Waals surface area contributed by atoms with Crippen molar-refractivity contribution in [3.05, 3.63) is 70.7 Å².